The first-order valence-corrected chi connectivity index (χ1v) is 6.38. The van der Waals surface area contributed by atoms with Gasteiger partial charge in [0.1, 0.15) is 12.4 Å². The van der Waals surface area contributed by atoms with E-state index in [9.17, 15) is 9.59 Å². The fourth-order valence-electron chi connectivity index (χ4n) is 1.36. The van der Waals surface area contributed by atoms with E-state index in [1.807, 2.05) is 26.0 Å². The normalized spacial score (nSPS) is 9.95. The van der Waals surface area contributed by atoms with Crippen LogP contribution in [0.5, 0.6) is 5.75 Å². The highest BCUT2D eigenvalue weighted by Crippen LogP contribution is 2.15. The molecule has 0 saturated heterocycles. The van der Waals surface area contributed by atoms with Crippen molar-refractivity contribution < 1.29 is 19.1 Å². The Hall–Kier alpha value is -2.08. The number of amides is 2. The number of carbonyl (C=O) groups is 2. The summed E-state index contributed by atoms with van der Waals surface area (Å²) in [4.78, 5) is 22.6. The van der Waals surface area contributed by atoms with Gasteiger partial charge in [-0.05, 0) is 44.0 Å². The smallest absolute Gasteiger partial charge is 0.276 e. The van der Waals surface area contributed by atoms with Gasteiger partial charge in [-0.1, -0.05) is 6.07 Å². The summed E-state index contributed by atoms with van der Waals surface area (Å²) >= 11 is 0. The zero-order valence-electron chi connectivity index (χ0n) is 12.0. The van der Waals surface area contributed by atoms with Crippen molar-refractivity contribution in [2.75, 3.05) is 19.8 Å². The van der Waals surface area contributed by atoms with Crippen molar-refractivity contribution in [2.24, 2.45) is 0 Å². The van der Waals surface area contributed by atoms with Crippen molar-refractivity contribution in [3.05, 3.63) is 29.3 Å². The van der Waals surface area contributed by atoms with Gasteiger partial charge in [0, 0.05) is 6.61 Å². The van der Waals surface area contributed by atoms with Crippen LogP contribution in [0.3, 0.4) is 0 Å². The standard InChI is InChI=1S/C14H20N2O4/c1-4-19-8-13(17)15-16-14(18)9-20-12-6-5-10(2)11(3)7-12/h5-7H,4,8-9H2,1-3H3,(H,15,17)(H,16,18). The second-order valence-corrected chi connectivity index (χ2v) is 4.27. The Morgan fingerprint density at radius 2 is 1.70 bits per heavy atom. The van der Waals surface area contributed by atoms with Gasteiger partial charge in [0.05, 0.1) is 0 Å². The van der Waals surface area contributed by atoms with Crippen LogP contribution in [0.1, 0.15) is 18.1 Å². The molecule has 0 aliphatic rings. The van der Waals surface area contributed by atoms with Gasteiger partial charge in [0.25, 0.3) is 11.8 Å². The van der Waals surface area contributed by atoms with Gasteiger partial charge >= 0.3 is 0 Å². The zero-order chi connectivity index (χ0) is 15.0. The van der Waals surface area contributed by atoms with Crippen molar-refractivity contribution in [3.8, 4) is 5.75 Å². The molecule has 2 N–H and O–H groups in total. The fraction of sp³-hybridized carbons (Fsp3) is 0.429. The molecule has 110 valence electrons. The highest BCUT2D eigenvalue weighted by Gasteiger charge is 2.06. The number of ether oxygens (including phenoxy) is 2. The molecule has 1 rings (SSSR count). The molecule has 0 unspecified atom stereocenters. The predicted molar refractivity (Wildman–Crippen MR) is 74.2 cm³/mol. The van der Waals surface area contributed by atoms with Gasteiger partial charge < -0.3 is 9.47 Å². The van der Waals surface area contributed by atoms with Crippen molar-refractivity contribution in [1.82, 2.24) is 10.9 Å². The number of rotatable bonds is 6. The molecule has 0 fully saturated rings. The van der Waals surface area contributed by atoms with E-state index >= 15 is 0 Å². The van der Waals surface area contributed by atoms with E-state index in [1.54, 1.807) is 13.0 Å². The van der Waals surface area contributed by atoms with Gasteiger partial charge in [-0.2, -0.15) is 0 Å². The number of hydrogen-bond acceptors (Lipinski definition) is 4. The maximum Gasteiger partial charge on any atom is 0.276 e. The SMILES string of the molecule is CCOCC(=O)NNC(=O)COc1ccc(C)c(C)c1. The molecule has 0 spiro atoms. The van der Waals surface area contributed by atoms with E-state index in [0.29, 0.717) is 12.4 Å². The Kier molecular flexibility index (Phi) is 6.52. The number of aryl methyl sites for hydroxylation is 2. The minimum Gasteiger partial charge on any atom is -0.484 e. The molecule has 0 bridgehead atoms. The lowest BCUT2D eigenvalue weighted by atomic mass is 10.1. The zero-order valence-corrected chi connectivity index (χ0v) is 12.0. The van der Waals surface area contributed by atoms with Gasteiger partial charge in [0.2, 0.25) is 0 Å². The molecule has 0 atom stereocenters. The van der Waals surface area contributed by atoms with Crippen LogP contribution in [-0.2, 0) is 14.3 Å². The third-order valence-electron chi connectivity index (χ3n) is 2.63. The molecule has 0 saturated carbocycles. The summed E-state index contributed by atoms with van der Waals surface area (Å²) in [7, 11) is 0. The van der Waals surface area contributed by atoms with E-state index in [1.165, 1.54) is 0 Å². The minimum absolute atomic E-state index is 0.0885. The second-order valence-electron chi connectivity index (χ2n) is 4.27. The molecule has 0 radical (unpaired) electrons. The summed E-state index contributed by atoms with van der Waals surface area (Å²) < 4.78 is 10.2. The lowest BCUT2D eigenvalue weighted by Gasteiger charge is -2.09. The Morgan fingerprint density at radius 3 is 2.30 bits per heavy atom. The first kappa shape index (κ1) is 16.0. The average molecular weight is 280 g/mol. The number of carbonyl (C=O) groups excluding carboxylic acids is 2. The quantitative estimate of drug-likeness (QED) is 0.758. The topological polar surface area (TPSA) is 76.7 Å². The minimum atomic E-state index is -0.437. The molecule has 1 aromatic carbocycles. The Bertz CT molecular complexity index is 474. The van der Waals surface area contributed by atoms with Crippen molar-refractivity contribution in [1.29, 1.82) is 0 Å². The Morgan fingerprint density at radius 1 is 1.05 bits per heavy atom. The van der Waals surface area contributed by atoms with Crippen LogP contribution in [-0.4, -0.2) is 31.6 Å². The number of nitrogens with one attached hydrogen (secondary N) is 2. The van der Waals surface area contributed by atoms with Gasteiger partial charge in [-0.15, -0.1) is 0 Å². The van der Waals surface area contributed by atoms with Crippen molar-refractivity contribution >= 4 is 11.8 Å². The predicted octanol–water partition coefficient (Wildman–Crippen LogP) is 0.866. The lowest BCUT2D eigenvalue weighted by Crippen LogP contribution is -2.45. The molecule has 0 aliphatic heterocycles. The van der Waals surface area contributed by atoms with Crippen LogP contribution in [0, 0.1) is 13.8 Å². The van der Waals surface area contributed by atoms with Crippen LogP contribution in [0.4, 0.5) is 0 Å². The summed E-state index contributed by atoms with van der Waals surface area (Å²) in [5.74, 6) is -0.233. The number of benzene rings is 1. The molecule has 1 aromatic rings. The first-order chi connectivity index (χ1) is 9.52. The average Bonchev–Trinajstić information content (AvgIpc) is 2.44. The lowest BCUT2D eigenvalue weighted by molar-refractivity contribution is -0.132. The van der Waals surface area contributed by atoms with Gasteiger partial charge in [0.15, 0.2) is 6.61 Å². The first-order valence-electron chi connectivity index (χ1n) is 6.38. The highest BCUT2D eigenvalue weighted by atomic mass is 16.5. The van der Waals surface area contributed by atoms with E-state index in [-0.39, 0.29) is 13.2 Å². The fourth-order valence-corrected chi connectivity index (χ4v) is 1.36. The maximum absolute atomic E-state index is 11.5. The molecular formula is C14H20N2O4. The molecular weight excluding hydrogens is 260 g/mol. The van der Waals surface area contributed by atoms with Crippen LogP contribution >= 0.6 is 0 Å². The molecule has 6 nitrogen and oxygen atoms in total. The van der Waals surface area contributed by atoms with Gasteiger partial charge in [-0.25, -0.2) is 0 Å². The summed E-state index contributed by atoms with van der Waals surface area (Å²) in [6.45, 7) is 5.93. The molecule has 0 aromatic heterocycles. The van der Waals surface area contributed by atoms with Crippen LogP contribution in [0.25, 0.3) is 0 Å². The second kappa shape index (κ2) is 8.16. The third kappa shape index (κ3) is 5.71. The van der Waals surface area contributed by atoms with Crippen LogP contribution in [0.15, 0.2) is 18.2 Å². The molecule has 0 aliphatic carbocycles. The van der Waals surface area contributed by atoms with Crippen molar-refractivity contribution in [2.45, 2.75) is 20.8 Å². The Labute approximate surface area is 118 Å². The number of hydrogen-bond donors (Lipinski definition) is 2. The van der Waals surface area contributed by atoms with Crippen LogP contribution in [0.2, 0.25) is 0 Å². The molecule has 0 heterocycles. The summed E-state index contributed by atoms with van der Waals surface area (Å²) in [5.41, 5.74) is 6.72. The molecule has 6 heteroatoms. The summed E-state index contributed by atoms with van der Waals surface area (Å²) in [5, 5.41) is 0. The van der Waals surface area contributed by atoms with Crippen LogP contribution < -0.4 is 15.6 Å². The highest BCUT2D eigenvalue weighted by molar-refractivity contribution is 5.83. The van der Waals surface area contributed by atoms with Crippen molar-refractivity contribution in [3.63, 3.8) is 0 Å². The maximum atomic E-state index is 11.5. The van der Waals surface area contributed by atoms with E-state index in [2.05, 4.69) is 10.9 Å². The monoisotopic (exact) mass is 280 g/mol. The van der Waals surface area contributed by atoms with E-state index in [0.717, 1.165) is 11.1 Å². The third-order valence-corrected chi connectivity index (χ3v) is 2.63. The number of hydrazine groups is 1. The largest absolute Gasteiger partial charge is 0.484 e. The summed E-state index contributed by atoms with van der Waals surface area (Å²) in [6, 6.07) is 5.58. The molecule has 20 heavy (non-hydrogen) atoms. The Balaban J connectivity index is 2.29. The van der Waals surface area contributed by atoms with E-state index in [4.69, 9.17) is 9.47 Å². The van der Waals surface area contributed by atoms with Gasteiger partial charge in [-0.3, -0.25) is 20.4 Å². The summed E-state index contributed by atoms with van der Waals surface area (Å²) in [6.07, 6.45) is 0. The molecule has 2 amide bonds. The van der Waals surface area contributed by atoms with E-state index < -0.39 is 11.8 Å².